The Hall–Kier alpha value is 0.260. The zero-order chi connectivity index (χ0) is 6.62. The van der Waals surface area contributed by atoms with Gasteiger partial charge in [-0.05, 0) is 10.8 Å². The van der Waals surface area contributed by atoms with E-state index in [1.54, 1.807) is 0 Å². The number of hydrogen-bond acceptors (Lipinski definition) is 4. The van der Waals surface area contributed by atoms with Crippen LogP contribution >= 0.6 is 10.8 Å². The van der Waals surface area contributed by atoms with E-state index in [9.17, 15) is 8.42 Å². The van der Waals surface area contributed by atoms with E-state index in [-0.39, 0.29) is 11.7 Å². The van der Waals surface area contributed by atoms with Crippen LogP contribution in [0, 0.1) is 0 Å². The summed E-state index contributed by atoms with van der Waals surface area (Å²) in [6, 6.07) is 0. The predicted octanol–water partition coefficient (Wildman–Crippen LogP) is 0.0191. The molecule has 0 radical (unpaired) electrons. The highest BCUT2D eigenvalue weighted by Gasteiger charge is 2.04. The molecule has 0 heterocycles. The Kier molecular flexibility index (Phi) is 3.43. The zero-order valence-corrected chi connectivity index (χ0v) is 6.13. The van der Waals surface area contributed by atoms with E-state index in [2.05, 4.69) is 0 Å². The van der Waals surface area contributed by atoms with Gasteiger partial charge in [0.1, 0.15) is 5.94 Å². The van der Waals surface area contributed by atoms with Crippen LogP contribution in [0.4, 0.5) is 0 Å². The summed E-state index contributed by atoms with van der Waals surface area (Å²) in [6.45, 7) is 1.54. The Bertz CT molecular complexity index is 137. The van der Waals surface area contributed by atoms with Gasteiger partial charge in [0.2, 0.25) is 8.87 Å². The van der Waals surface area contributed by atoms with Crippen molar-refractivity contribution in [2.75, 3.05) is 11.7 Å². The summed E-state index contributed by atoms with van der Waals surface area (Å²) < 4.78 is 20.8. The molecule has 0 aromatic heterocycles. The van der Waals surface area contributed by atoms with E-state index >= 15 is 0 Å². The van der Waals surface area contributed by atoms with Gasteiger partial charge >= 0.3 is 0 Å². The normalized spacial score (nSPS) is 11.8. The fourth-order valence-electron chi connectivity index (χ4n) is 0.164. The van der Waals surface area contributed by atoms with Gasteiger partial charge in [-0.2, -0.15) is 0 Å². The molecule has 0 aliphatic rings. The van der Waals surface area contributed by atoms with E-state index < -0.39 is 8.87 Å². The van der Waals surface area contributed by atoms with Crippen molar-refractivity contribution in [2.24, 2.45) is 0 Å². The fraction of sp³-hybridized carbons (Fsp3) is 1.00. The Morgan fingerprint density at radius 2 is 2.12 bits per heavy atom. The first-order chi connectivity index (χ1) is 3.62. The number of aliphatic hydroxyl groups is 1. The summed E-state index contributed by atoms with van der Waals surface area (Å²) in [5.41, 5.74) is 0. The van der Waals surface area contributed by atoms with Gasteiger partial charge in [0.05, 0.1) is 5.75 Å². The summed E-state index contributed by atoms with van der Waals surface area (Å²) in [5.74, 6) is -0.269. The minimum Gasteiger partial charge on any atom is -0.385 e. The van der Waals surface area contributed by atoms with Gasteiger partial charge in [-0.15, -0.1) is 0 Å². The largest absolute Gasteiger partial charge is 0.385 e. The second-order valence-corrected chi connectivity index (χ2v) is 5.51. The van der Waals surface area contributed by atoms with Crippen molar-refractivity contribution in [2.45, 2.75) is 6.92 Å². The Labute approximate surface area is 52.4 Å². The molecule has 0 aromatic rings. The van der Waals surface area contributed by atoms with E-state index in [0.717, 1.165) is 0 Å². The molecule has 0 atom stereocenters. The Morgan fingerprint density at radius 1 is 1.62 bits per heavy atom. The minimum absolute atomic E-state index is 0.0816. The molecule has 1 N–H and O–H groups in total. The lowest BCUT2D eigenvalue weighted by Crippen LogP contribution is -1.96. The first kappa shape index (κ1) is 8.26. The molecule has 8 heavy (non-hydrogen) atoms. The minimum atomic E-state index is -3.00. The molecule has 50 valence electrons. The van der Waals surface area contributed by atoms with Crippen molar-refractivity contribution < 1.29 is 13.5 Å². The molecule has 0 spiro atoms. The topological polar surface area (TPSA) is 54.4 Å². The van der Waals surface area contributed by atoms with Crippen molar-refractivity contribution in [1.29, 1.82) is 0 Å². The SMILES string of the molecule is CCS(=O)(=O)SCO. The maximum Gasteiger partial charge on any atom is 0.203 e. The summed E-state index contributed by atoms with van der Waals surface area (Å²) in [5, 5.41) is 8.12. The lowest BCUT2D eigenvalue weighted by atomic mass is 11.0. The molecule has 5 heteroatoms. The molecule has 0 aliphatic heterocycles. The standard InChI is InChI=1S/C3H8O3S2/c1-2-8(5,6)7-3-4/h4H,2-3H2,1H3. The second-order valence-electron chi connectivity index (χ2n) is 1.09. The third-order valence-corrected chi connectivity index (χ3v) is 3.86. The smallest absolute Gasteiger partial charge is 0.203 e. The van der Waals surface area contributed by atoms with Gasteiger partial charge in [0, 0.05) is 0 Å². The summed E-state index contributed by atoms with van der Waals surface area (Å²) in [6.07, 6.45) is 0. The van der Waals surface area contributed by atoms with Crippen molar-refractivity contribution in [3.05, 3.63) is 0 Å². The lowest BCUT2D eigenvalue weighted by molar-refractivity contribution is 0.376. The number of rotatable bonds is 3. The molecule has 0 unspecified atom stereocenters. The lowest BCUT2D eigenvalue weighted by Gasteiger charge is -1.92. The maximum atomic E-state index is 10.4. The summed E-state index contributed by atoms with van der Waals surface area (Å²) in [4.78, 5) is 0. The van der Waals surface area contributed by atoms with E-state index in [4.69, 9.17) is 5.11 Å². The predicted molar refractivity (Wildman–Crippen MR) is 34.1 cm³/mol. The quantitative estimate of drug-likeness (QED) is 0.462. The monoisotopic (exact) mass is 156 g/mol. The molecule has 0 fully saturated rings. The highest BCUT2D eigenvalue weighted by molar-refractivity contribution is 8.71. The zero-order valence-electron chi connectivity index (χ0n) is 4.49. The van der Waals surface area contributed by atoms with Crippen LogP contribution in [-0.2, 0) is 8.87 Å². The first-order valence-corrected chi connectivity index (χ1v) is 5.26. The molecule has 0 bridgehead atoms. The van der Waals surface area contributed by atoms with E-state index in [1.165, 1.54) is 6.92 Å². The Morgan fingerprint density at radius 3 is 2.25 bits per heavy atom. The third kappa shape index (κ3) is 3.29. The average molecular weight is 156 g/mol. The van der Waals surface area contributed by atoms with Crippen LogP contribution in [0.1, 0.15) is 6.92 Å². The highest BCUT2D eigenvalue weighted by Crippen LogP contribution is 2.09. The van der Waals surface area contributed by atoms with Crippen LogP contribution in [0.2, 0.25) is 0 Å². The van der Waals surface area contributed by atoms with Crippen LogP contribution in [-0.4, -0.2) is 25.2 Å². The second kappa shape index (κ2) is 3.32. The molecule has 0 saturated carbocycles. The molecule has 0 amide bonds. The van der Waals surface area contributed by atoms with Gasteiger partial charge in [-0.25, -0.2) is 8.42 Å². The highest BCUT2D eigenvalue weighted by atomic mass is 33.1. The van der Waals surface area contributed by atoms with Crippen molar-refractivity contribution in [3.8, 4) is 0 Å². The Balaban J connectivity index is 3.76. The van der Waals surface area contributed by atoms with Crippen LogP contribution < -0.4 is 0 Å². The fourth-order valence-corrected chi connectivity index (χ4v) is 1.47. The van der Waals surface area contributed by atoms with Crippen molar-refractivity contribution >= 4 is 19.7 Å². The van der Waals surface area contributed by atoms with Gasteiger partial charge in [-0.3, -0.25) is 0 Å². The van der Waals surface area contributed by atoms with Crippen LogP contribution in [0.25, 0.3) is 0 Å². The third-order valence-electron chi connectivity index (χ3n) is 0.586. The molecular formula is C3H8O3S2. The van der Waals surface area contributed by atoms with Crippen LogP contribution in [0.5, 0.6) is 0 Å². The average Bonchev–Trinajstić information content (AvgIpc) is 1.67. The maximum absolute atomic E-state index is 10.4. The molecule has 0 saturated heterocycles. The van der Waals surface area contributed by atoms with Crippen LogP contribution in [0.15, 0.2) is 0 Å². The molecule has 0 rings (SSSR count). The molecular weight excluding hydrogens is 148 g/mol. The molecule has 0 aromatic carbocycles. The van der Waals surface area contributed by atoms with Crippen molar-refractivity contribution in [1.82, 2.24) is 0 Å². The van der Waals surface area contributed by atoms with Gasteiger partial charge < -0.3 is 5.11 Å². The van der Waals surface area contributed by atoms with E-state index in [1.807, 2.05) is 0 Å². The summed E-state index contributed by atoms with van der Waals surface area (Å²) >= 11 is 0. The molecule has 3 nitrogen and oxygen atoms in total. The molecule has 0 aliphatic carbocycles. The van der Waals surface area contributed by atoms with Gasteiger partial charge in [-0.1, -0.05) is 6.92 Å². The van der Waals surface area contributed by atoms with E-state index in [0.29, 0.717) is 10.8 Å². The summed E-state index contributed by atoms with van der Waals surface area (Å²) in [7, 11) is -2.44. The van der Waals surface area contributed by atoms with Crippen molar-refractivity contribution in [3.63, 3.8) is 0 Å². The van der Waals surface area contributed by atoms with Gasteiger partial charge in [0.15, 0.2) is 0 Å². The van der Waals surface area contributed by atoms with Crippen LogP contribution in [0.3, 0.4) is 0 Å². The number of hydrogen-bond donors (Lipinski definition) is 1. The van der Waals surface area contributed by atoms with Gasteiger partial charge in [0.25, 0.3) is 0 Å². The number of aliphatic hydroxyl groups excluding tert-OH is 1. The first-order valence-electron chi connectivity index (χ1n) is 2.10.